The standard InChI is InChI=1S/C22H21FN4O3/c1-15(28)24-11-19-14-27(22(29)30-19)18-7-8-20(21(23)9-18)17-10-25-26(13-17)12-16-5-3-2-4-6-16/h2-10,13,19H,11-12,14H2,1H3,(H,24,28)/t19-/m0/s1. The Morgan fingerprint density at radius 1 is 1.27 bits per heavy atom. The second kappa shape index (κ2) is 8.36. The van der Waals surface area contributed by atoms with Crippen LogP contribution in [0.4, 0.5) is 14.9 Å². The van der Waals surface area contributed by atoms with E-state index in [0.29, 0.717) is 23.4 Å². The van der Waals surface area contributed by atoms with Crippen LogP contribution in [0.1, 0.15) is 12.5 Å². The van der Waals surface area contributed by atoms with E-state index in [1.807, 2.05) is 30.3 Å². The fourth-order valence-corrected chi connectivity index (χ4v) is 3.36. The van der Waals surface area contributed by atoms with Gasteiger partial charge < -0.3 is 10.1 Å². The molecule has 2 amide bonds. The predicted octanol–water partition coefficient (Wildman–Crippen LogP) is 3.20. The minimum atomic E-state index is -0.562. The first-order valence-corrected chi connectivity index (χ1v) is 9.58. The number of halogens is 1. The van der Waals surface area contributed by atoms with Gasteiger partial charge in [-0.3, -0.25) is 14.4 Å². The van der Waals surface area contributed by atoms with E-state index in [-0.39, 0.29) is 19.0 Å². The fourth-order valence-electron chi connectivity index (χ4n) is 3.36. The van der Waals surface area contributed by atoms with E-state index in [1.54, 1.807) is 29.2 Å². The highest BCUT2D eigenvalue weighted by Gasteiger charge is 2.32. The van der Waals surface area contributed by atoms with Crippen LogP contribution >= 0.6 is 0 Å². The molecule has 2 aromatic carbocycles. The number of nitrogens with zero attached hydrogens (tertiary/aromatic N) is 3. The summed E-state index contributed by atoms with van der Waals surface area (Å²) in [6, 6.07) is 14.5. The molecule has 154 valence electrons. The predicted molar refractivity (Wildman–Crippen MR) is 109 cm³/mol. The summed E-state index contributed by atoms with van der Waals surface area (Å²) in [4.78, 5) is 24.5. The molecule has 0 aliphatic carbocycles. The van der Waals surface area contributed by atoms with Gasteiger partial charge in [0.05, 0.1) is 31.5 Å². The van der Waals surface area contributed by atoms with Crippen molar-refractivity contribution in [3.05, 3.63) is 72.3 Å². The molecule has 4 rings (SSSR count). The third-order valence-electron chi connectivity index (χ3n) is 4.85. The molecule has 1 aliphatic heterocycles. The average Bonchev–Trinajstić information content (AvgIpc) is 3.33. The first-order chi connectivity index (χ1) is 14.5. The summed E-state index contributed by atoms with van der Waals surface area (Å²) >= 11 is 0. The maximum Gasteiger partial charge on any atom is 0.414 e. The quantitative estimate of drug-likeness (QED) is 0.680. The molecule has 1 atom stereocenters. The summed E-state index contributed by atoms with van der Waals surface area (Å²) < 4.78 is 21.8. The van der Waals surface area contributed by atoms with Crippen molar-refractivity contribution < 1.29 is 18.7 Å². The molecule has 3 aromatic rings. The smallest absolute Gasteiger partial charge is 0.414 e. The first-order valence-electron chi connectivity index (χ1n) is 9.58. The zero-order valence-corrected chi connectivity index (χ0v) is 16.4. The number of ether oxygens (including phenoxy) is 1. The van der Waals surface area contributed by atoms with Crippen LogP contribution < -0.4 is 10.2 Å². The third-order valence-corrected chi connectivity index (χ3v) is 4.85. The summed E-state index contributed by atoms with van der Waals surface area (Å²) in [5.41, 5.74) is 2.57. The van der Waals surface area contributed by atoms with Crippen LogP contribution in [-0.4, -0.2) is 41.0 Å². The second-order valence-corrected chi connectivity index (χ2v) is 7.13. The summed E-state index contributed by atoms with van der Waals surface area (Å²) in [5, 5.41) is 6.93. The molecule has 7 nitrogen and oxygen atoms in total. The van der Waals surface area contributed by atoms with E-state index in [9.17, 15) is 14.0 Å². The number of rotatable bonds is 6. The molecular formula is C22H21FN4O3. The van der Waals surface area contributed by atoms with Crippen molar-refractivity contribution in [2.75, 3.05) is 18.0 Å². The zero-order chi connectivity index (χ0) is 21.1. The Hall–Kier alpha value is -3.68. The van der Waals surface area contributed by atoms with Crippen molar-refractivity contribution in [1.82, 2.24) is 15.1 Å². The molecular weight excluding hydrogens is 387 g/mol. The van der Waals surface area contributed by atoms with Crippen LogP contribution in [0.5, 0.6) is 0 Å². The molecule has 0 radical (unpaired) electrons. The molecule has 0 spiro atoms. The maximum atomic E-state index is 14.8. The number of hydrogen-bond donors (Lipinski definition) is 1. The minimum Gasteiger partial charge on any atom is -0.442 e. The highest BCUT2D eigenvalue weighted by atomic mass is 19.1. The lowest BCUT2D eigenvalue weighted by Crippen LogP contribution is -2.33. The van der Waals surface area contributed by atoms with E-state index in [0.717, 1.165) is 5.56 Å². The Bertz CT molecular complexity index is 1070. The lowest BCUT2D eigenvalue weighted by atomic mass is 10.1. The number of carbonyl (C=O) groups is 2. The van der Waals surface area contributed by atoms with Gasteiger partial charge in [-0.2, -0.15) is 5.10 Å². The Kier molecular flexibility index (Phi) is 5.47. The van der Waals surface area contributed by atoms with Crippen molar-refractivity contribution >= 4 is 17.7 Å². The Morgan fingerprint density at radius 3 is 2.80 bits per heavy atom. The van der Waals surface area contributed by atoms with Crippen molar-refractivity contribution in [3.8, 4) is 11.1 Å². The molecule has 0 unspecified atom stereocenters. The van der Waals surface area contributed by atoms with E-state index >= 15 is 0 Å². The van der Waals surface area contributed by atoms with Crippen molar-refractivity contribution in [3.63, 3.8) is 0 Å². The summed E-state index contributed by atoms with van der Waals surface area (Å²) in [6.45, 7) is 2.45. The average molecular weight is 408 g/mol. The molecule has 1 aliphatic rings. The van der Waals surface area contributed by atoms with Crippen LogP contribution in [0.15, 0.2) is 60.9 Å². The van der Waals surface area contributed by atoms with Gasteiger partial charge in [0, 0.05) is 24.2 Å². The molecule has 1 aromatic heterocycles. The Balaban J connectivity index is 1.47. The molecule has 1 fully saturated rings. The third kappa shape index (κ3) is 4.32. The molecule has 8 heteroatoms. The Morgan fingerprint density at radius 2 is 2.07 bits per heavy atom. The number of amides is 2. The highest BCUT2D eigenvalue weighted by Crippen LogP contribution is 2.29. The number of nitrogens with one attached hydrogen (secondary N) is 1. The van der Waals surface area contributed by atoms with Crippen LogP contribution in [-0.2, 0) is 16.1 Å². The highest BCUT2D eigenvalue weighted by molar-refractivity contribution is 5.90. The van der Waals surface area contributed by atoms with Gasteiger partial charge in [0.2, 0.25) is 5.91 Å². The van der Waals surface area contributed by atoms with Crippen LogP contribution in [0.2, 0.25) is 0 Å². The van der Waals surface area contributed by atoms with Crippen LogP contribution in [0.25, 0.3) is 11.1 Å². The lowest BCUT2D eigenvalue weighted by molar-refractivity contribution is -0.119. The van der Waals surface area contributed by atoms with Gasteiger partial charge in [0.1, 0.15) is 11.9 Å². The van der Waals surface area contributed by atoms with Crippen molar-refractivity contribution in [1.29, 1.82) is 0 Å². The molecule has 1 saturated heterocycles. The van der Waals surface area contributed by atoms with Crippen molar-refractivity contribution in [2.45, 2.75) is 19.6 Å². The molecule has 0 bridgehead atoms. The summed E-state index contributed by atoms with van der Waals surface area (Å²) in [7, 11) is 0. The maximum absolute atomic E-state index is 14.8. The van der Waals surface area contributed by atoms with Gasteiger partial charge in [-0.05, 0) is 23.8 Å². The second-order valence-electron chi connectivity index (χ2n) is 7.13. The minimum absolute atomic E-state index is 0.201. The molecule has 0 saturated carbocycles. The summed E-state index contributed by atoms with van der Waals surface area (Å²) in [5.74, 6) is -0.655. The van der Waals surface area contributed by atoms with Gasteiger partial charge >= 0.3 is 6.09 Å². The Labute approximate surface area is 173 Å². The largest absolute Gasteiger partial charge is 0.442 e. The van der Waals surface area contributed by atoms with Gasteiger partial charge in [-0.1, -0.05) is 30.3 Å². The number of benzene rings is 2. The number of anilines is 1. The van der Waals surface area contributed by atoms with E-state index in [2.05, 4.69) is 10.4 Å². The SMILES string of the molecule is CC(=O)NC[C@H]1CN(c2ccc(-c3cnn(Cc4ccccc4)c3)c(F)c2)C(=O)O1. The molecule has 2 heterocycles. The lowest BCUT2D eigenvalue weighted by Gasteiger charge is -2.14. The van der Waals surface area contributed by atoms with E-state index in [4.69, 9.17) is 4.74 Å². The number of aromatic nitrogens is 2. The van der Waals surface area contributed by atoms with Gasteiger partial charge in [-0.15, -0.1) is 0 Å². The van der Waals surface area contributed by atoms with Crippen LogP contribution in [0, 0.1) is 5.82 Å². The van der Waals surface area contributed by atoms with Gasteiger partial charge in [0.25, 0.3) is 0 Å². The summed E-state index contributed by atoms with van der Waals surface area (Å²) in [6.07, 6.45) is 2.38. The number of hydrogen-bond acceptors (Lipinski definition) is 4. The first kappa shape index (κ1) is 19.6. The monoisotopic (exact) mass is 408 g/mol. The van der Waals surface area contributed by atoms with Gasteiger partial charge in [0.15, 0.2) is 0 Å². The number of carbonyl (C=O) groups excluding carboxylic acids is 2. The van der Waals surface area contributed by atoms with E-state index in [1.165, 1.54) is 17.9 Å². The van der Waals surface area contributed by atoms with E-state index < -0.39 is 18.0 Å². The molecule has 1 N–H and O–H groups in total. The van der Waals surface area contributed by atoms with Crippen molar-refractivity contribution in [2.24, 2.45) is 0 Å². The number of cyclic esters (lactones) is 1. The van der Waals surface area contributed by atoms with Crippen LogP contribution in [0.3, 0.4) is 0 Å². The fraction of sp³-hybridized carbons (Fsp3) is 0.227. The zero-order valence-electron chi connectivity index (χ0n) is 16.4. The van der Waals surface area contributed by atoms with Gasteiger partial charge in [-0.25, -0.2) is 9.18 Å². The molecule has 30 heavy (non-hydrogen) atoms. The normalized spacial score (nSPS) is 15.9. The topological polar surface area (TPSA) is 76.5 Å².